The number of anilines is 1. The van der Waals surface area contributed by atoms with Crippen molar-refractivity contribution in [1.82, 2.24) is 4.90 Å². The minimum absolute atomic E-state index is 0. The van der Waals surface area contributed by atoms with Crippen molar-refractivity contribution in [3.05, 3.63) is 65.2 Å². The fourth-order valence-corrected chi connectivity index (χ4v) is 4.03. The first-order chi connectivity index (χ1) is 13.1. The molecule has 4 heteroatoms. The van der Waals surface area contributed by atoms with E-state index >= 15 is 0 Å². The fourth-order valence-electron chi connectivity index (χ4n) is 4.03. The van der Waals surface area contributed by atoms with Gasteiger partial charge in [-0.15, -0.1) is 17.0 Å². The maximum absolute atomic E-state index is 13.4. The Morgan fingerprint density at radius 3 is 2.07 bits per heavy atom. The minimum Gasteiger partial charge on any atom is -0.324 e. The van der Waals surface area contributed by atoms with Gasteiger partial charge in [0, 0.05) is 5.69 Å². The van der Waals surface area contributed by atoms with Crippen LogP contribution in [-0.4, -0.2) is 29.9 Å². The summed E-state index contributed by atoms with van der Waals surface area (Å²) < 4.78 is 0. The number of carbonyl (C=O) groups excluding carboxylic acids is 1. The van der Waals surface area contributed by atoms with Crippen LogP contribution in [0.15, 0.2) is 48.5 Å². The van der Waals surface area contributed by atoms with E-state index in [1.807, 2.05) is 12.1 Å². The Labute approximate surface area is 180 Å². The maximum atomic E-state index is 13.4. The molecular formula is C24H33BrN2O. The van der Waals surface area contributed by atoms with E-state index < -0.39 is 0 Å². The molecule has 0 spiro atoms. The van der Waals surface area contributed by atoms with Gasteiger partial charge in [0.05, 0.1) is 6.04 Å². The highest BCUT2D eigenvalue weighted by Crippen LogP contribution is 2.22. The lowest BCUT2D eigenvalue weighted by molar-refractivity contribution is -0.121. The van der Waals surface area contributed by atoms with Crippen molar-refractivity contribution in [3.63, 3.8) is 0 Å². The number of benzene rings is 2. The predicted octanol–water partition coefficient (Wildman–Crippen LogP) is 5.70. The second kappa shape index (κ2) is 11.4. The van der Waals surface area contributed by atoms with E-state index in [4.69, 9.17) is 0 Å². The quantitative estimate of drug-likeness (QED) is 0.641. The topological polar surface area (TPSA) is 32.3 Å². The van der Waals surface area contributed by atoms with Crippen LogP contribution in [0, 0.1) is 13.8 Å². The van der Waals surface area contributed by atoms with Crippen LogP contribution < -0.4 is 5.32 Å². The first-order valence-electron chi connectivity index (χ1n) is 10.3. The zero-order chi connectivity index (χ0) is 19.1. The second-order valence-electron chi connectivity index (χ2n) is 7.77. The number of aryl methyl sites for hydroxylation is 2. The SMILES string of the molecule is Br.Cc1cccc(C)c1NC(=O)[C@H](Cc1ccccc1)N1CCCCCCC1. The molecule has 1 saturated heterocycles. The summed E-state index contributed by atoms with van der Waals surface area (Å²) in [4.78, 5) is 15.8. The number of nitrogens with zero attached hydrogens (tertiary/aromatic N) is 1. The molecule has 0 aliphatic carbocycles. The van der Waals surface area contributed by atoms with Gasteiger partial charge in [-0.3, -0.25) is 9.69 Å². The zero-order valence-corrected chi connectivity index (χ0v) is 18.8. The van der Waals surface area contributed by atoms with Crippen LogP contribution in [0.1, 0.15) is 48.8 Å². The monoisotopic (exact) mass is 444 g/mol. The molecule has 1 amide bonds. The van der Waals surface area contributed by atoms with E-state index in [1.165, 1.54) is 37.7 Å². The number of rotatable bonds is 5. The zero-order valence-electron chi connectivity index (χ0n) is 17.1. The number of carbonyl (C=O) groups is 1. The fraction of sp³-hybridized carbons (Fsp3) is 0.458. The van der Waals surface area contributed by atoms with Crippen molar-refractivity contribution in [2.24, 2.45) is 0 Å². The third kappa shape index (κ3) is 6.18. The summed E-state index contributed by atoms with van der Waals surface area (Å²) in [5, 5.41) is 3.25. The van der Waals surface area contributed by atoms with E-state index in [1.54, 1.807) is 0 Å². The number of likely N-dealkylation sites (tertiary alicyclic amines) is 1. The van der Waals surface area contributed by atoms with Gasteiger partial charge in [0.1, 0.15) is 0 Å². The highest BCUT2D eigenvalue weighted by Gasteiger charge is 2.27. The Hall–Kier alpha value is -1.65. The molecule has 1 N–H and O–H groups in total. The number of para-hydroxylation sites is 1. The molecule has 3 nitrogen and oxygen atoms in total. The molecule has 1 atom stereocenters. The van der Waals surface area contributed by atoms with E-state index in [0.29, 0.717) is 0 Å². The Kier molecular flexibility index (Phi) is 9.20. The predicted molar refractivity (Wildman–Crippen MR) is 123 cm³/mol. The van der Waals surface area contributed by atoms with E-state index in [9.17, 15) is 4.79 Å². The lowest BCUT2D eigenvalue weighted by Gasteiger charge is -2.32. The van der Waals surface area contributed by atoms with Crippen LogP contribution >= 0.6 is 17.0 Å². The van der Waals surface area contributed by atoms with Crippen LogP contribution in [-0.2, 0) is 11.2 Å². The van der Waals surface area contributed by atoms with E-state index in [2.05, 4.69) is 60.5 Å². The third-order valence-corrected chi connectivity index (χ3v) is 5.64. The summed E-state index contributed by atoms with van der Waals surface area (Å²) >= 11 is 0. The Bertz CT molecular complexity index is 719. The molecule has 1 fully saturated rings. The molecule has 2 aromatic rings. The molecule has 1 aliphatic heterocycles. The number of halogens is 1. The summed E-state index contributed by atoms with van der Waals surface area (Å²) in [6.45, 7) is 6.14. The van der Waals surface area contributed by atoms with Crippen LogP contribution in [0.4, 0.5) is 5.69 Å². The van der Waals surface area contributed by atoms with Crippen LogP contribution in [0.2, 0.25) is 0 Å². The van der Waals surface area contributed by atoms with Gasteiger partial charge in [-0.05, 0) is 62.9 Å². The molecule has 3 rings (SSSR count). The van der Waals surface area contributed by atoms with Crippen molar-refractivity contribution in [2.45, 2.75) is 58.4 Å². The second-order valence-corrected chi connectivity index (χ2v) is 7.77. The van der Waals surface area contributed by atoms with E-state index in [-0.39, 0.29) is 28.9 Å². The minimum atomic E-state index is -0.121. The van der Waals surface area contributed by atoms with Gasteiger partial charge in [0.25, 0.3) is 0 Å². The lowest BCUT2D eigenvalue weighted by atomic mass is 10.0. The first-order valence-corrected chi connectivity index (χ1v) is 10.3. The first kappa shape index (κ1) is 22.6. The molecule has 0 unspecified atom stereocenters. The molecule has 0 saturated carbocycles. The number of hydrogen-bond acceptors (Lipinski definition) is 2. The van der Waals surface area contributed by atoms with Crippen LogP contribution in [0.25, 0.3) is 0 Å². The molecule has 0 aromatic heterocycles. The lowest BCUT2D eigenvalue weighted by Crippen LogP contribution is -2.47. The number of hydrogen-bond donors (Lipinski definition) is 1. The Balaban J connectivity index is 0.00000280. The van der Waals surface area contributed by atoms with Crippen LogP contribution in [0.3, 0.4) is 0 Å². The molecule has 1 heterocycles. The molecule has 0 bridgehead atoms. The van der Waals surface area contributed by atoms with Gasteiger partial charge in [-0.2, -0.15) is 0 Å². The van der Waals surface area contributed by atoms with Gasteiger partial charge < -0.3 is 5.32 Å². The third-order valence-electron chi connectivity index (χ3n) is 5.64. The standard InChI is InChI=1S/C24H32N2O.BrH/c1-19-12-11-13-20(2)23(19)25-24(27)22(18-21-14-7-6-8-15-21)26-16-9-4-3-5-10-17-26;/h6-8,11-15,22H,3-5,9-10,16-18H2,1-2H3,(H,25,27);1H/t22-;/m0./s1. The molecule has 2 aromatic carbocycles. The Morgan fingerprint density at radius 2 is 1.46 bits per heavy atom. The summed E-state index contributed by atoms with van der Waals surface area (Å²) in [5.74, 6) is 0.122. The van der Waals surface area contributed by atoms with Crippen molar-refractivity contribution in [1.29, 1.82) is 0 Å². The van der Waals surface area contributed by atoms with Crippen LogP contribution in [0.5, 0.6) is 0 Å². The summed E-state index contributed by atoms with van der Waals surface area (Å²) in [6.07, 6.45) is 6.99. The van der Waals surface area contributed by atoms with Crippen molar-refractivity contribution in [3.8, 4) is 0 Å². The van der Waals surface area contributed by atoms with Gasteiger partial charge in [0.2, 0.25) is 5.91 Å². The molecule has 152 valence electrons. The number of amides is 1. The Morgan fingerprint density at radius 1 is 0.893 bits per heavy atom. The average molecular weight is 445 g/mol. The van der Waals surface area contributed by atoms with Gasteiger partial charge in [-0.1, -0.05) is 67.8 Å². The molecular weight excluding hydrogens is 412 g/mol. The van der Waals surface area contributed by atoms with Gasteiger partial charge in [0.15, 0.2) is 0 Å². The largest absolute Gasteiger partial charge is 0.324 e. The summed E-state index contributed by atoms with van der Waals surface area (Å²) in [5.41, 5.74) is 4.43. The number of nitrogens with one attached hydrogen (secondary N) is 1. The highest BCUT2D eigenvalue weighted by atomic mass is 79.9. The summed E-state index contributed by atoms with van der Waals surface area (Å²) in [7, 11) is 0. The maximum Gasteiger partial charge on any atom is 0.242 e. The van der Waals surface area contributed by atoms with Crippen molar-refractivity contribution in [2.75, 3.05) is 18.4 Å². The molecule has 1 aliphatic rings. The van der Waals surface area contributed by atoms with Crippen molar-refractivity contribution >= 4 is 28.6 Å². The highest BCUT2D eigenvalue weighted by molar-refractivity contribution is 8.93. The molecule has 0 radical (unpaired) electrons. The summed E-state index contributed by atoms with van der Waals surface area (Å²) in [6, 6.07) is 16.4. The average Bonchev–Trinajstić information content (AvgIpc) is 2.64. The normalized spacial score (nSPS) is 16.4. The van der Waals surface area contributed by atoms with Gasteiger partial charge >= 0.3 is 0 Å². The van der Waals surface area contributed by atoms with Gasteiger partial charge in [-0.25, -0.2) is 0 Å². The smallest absolute Gasteiger partial charge is 0.242 e. The van der Waals surface area contributed by atoms with Crippen molar-refractivity contribution < 1.29 is 4.79 Å². The molecule has 28 heavy (non-hydrogen) atoms. The van der Waals surface area contributed by atoms with E-state index in [0.717, 1.165) is 36.3 Å².